The van der Waals surface area contributed by atoms with Crippen LogP contribution in [0.1, 0.15) is 46.5 Å². The molecule has 0 aliphatic heterocycles. The smallest absolute Gasteiger partial charge is 0.407 e. The Balaban J connectivity index is 2.36. The highest BCUT2D eigenvalue weighted by atomic mass is 19.1. The largest absolute Gasteiger partial charge is 0.444 e. The topological polar surface area (TPSA) is 38.3 Å². The van der Waals surface area contributed by atoms with Crippen LogP contribution in [0, 0.1) is 0 Å². The van der Waals surface area contributed by atoms with Gasteiger partial charge in [0.15, 0.2) is 0 Å². The monoisotopic (exact) mass is 243 g/mol. The van der Waals surface area contributed by atoms with Gasteiger partial charge in [0, 0.05) is 6.04 Å². The Hall–Kier alpha value is -1.06. The third kappa shape index (κ3) is 4.75. The van der Waals surface area contributed by atoms with Crippen molar-refractivity contribution in [1.29, 1.82) is 0 Å². The number of allylic oxidation sites excluding steroid dienone is 1. The summed E-state index contributed by atoms with van der Waals surface area (Å²) in [5, 5.41) is 2.78. The Morgan fingerprint density at radius 1 is 1.47 bits per heavy atom. The normalized spacial score (nSPS) is 29.5. The van der Waals surface area contributed by atoms with E-state index in [1.807, 2.05) is 20.8 Å². The van der Waals surface area contributed by atoms with Crippen LogP contribution < -0.4 is 5.32 Å². The number of alkyl halides is 1. The number of carbonyl (C=O) groups is 1. The van der Waals surface area contributed by atoms with Gasteiger partial charge < -0.3 is 10.1 Å². The Bertz CT molecular complexity index is 288. The SMILES string of the molecule is C=CC1(F)CCC(NC(=O)OC(C)(C)C)CC1. The number of halogens is 1. The van der Waals surface area contributed by atoms with Crippen molar-refractivity contribution in [3.8, 4) is 0 Å². The number of hydrogen-bond acceptors (Lipinski definition) is 2. The molecule has 98 valence electrons. The summed E-state index contributed by atoms with van der Waals surface area (Å²) < 4.78 is 19.0. The fourth-order valence-electron chi connectivity index (χ4n) is 1.92. The number of carbonyl (C=O) groups excluding carboxylic acids is 1. The number of nitrogens with one attached hydrogen (secondary N) is 1. The van der Waals surface area contributed by atoms with Crippen molar-refractivity contribution in [2.75, 3.05) is 0 Å². The average Bonchev–Trinajstić information content (AvgIpc) is 2.19. The number of hydrogen-bond donors (Lipinski definition) is 1. The second kappa shape index (κ2) is 5.07. The van der Waals surface area contributed by atoms with Crippen molar-refractivity contribution in [2.24, 2.45) is 0 Å². The molecule has 4 heteroatoms. The average molecular weight is 243 g/mol. The van der Waals surface area contributed by atoms with Crippen molar-refractivity contribution < 1.29 is 13.9 Å². The Kier molecular flexibility index (Phi) is 4.17. The molecular formula is C13H22FNO2. The van der Waals surface area contributed by atoms with Gasteiger partial charge in [-0.25, -0.2) is 9.18 Å². The van der Waals surface area contributed by atoms with Crippen molar-refractivity contribution in [3.05, 3.63) is 12.7 Å². The maximum absolute atomic E-state index is 13.8. The van der Waals surface area contributed by atoms with E-state index >= 15 is 0 Å². The fourth-order valence-corrected chi connectivity index (χ4v) is 1.92. The van der Waals surface area contributed by atoms with Crippen LogP contribution in [0.2, 0.25) is 0 Å². The van der Waals surface area contributed by atoms with Crippen LogP contribution >= 0.6 is 0 Å². The molecule has 0 heterocycles. The predicted molar refractivity (Wildman–Crippen MR) is 65.7 cm³/mol. The summed E-state index contributed by atoms with van der Waals surface area (Å²) in [7, 11) is 0. The first-order valence-electron chi connectivity index (χ1n) is 6.06. The Labute approximate surface area is 102 Å². The third-order valence-corrected chi connectivity index (χ3v) is 2.90. The standard InChI is InChI=1S/C13H22FNO2/c1-5-13(14)8-6-10(7-9-13)15-11(16)17-12(2,3)4/h5,10H,1,6-9H2,2-4H3,(H,15,16). The molecule has 0 aromatic rings. The molecule has 3 nitrogen and oxygen atoms in total. The van der Waals surface area contributed by atoms with Gasteiger partial charge in [-0.3, -0.25) is 0 Å². The van der Waals surface area contributed by atoms with E-state index in [9.17, 15) is 9.18 Å². The number of rotatable bonds is 2. The molecule has 1 rings (SSSR count). The third-order valence-electron chi connectivity index (χ3n) is 2.90. The lowest BCUT2D eigenvalue weighted by atomic mass is 9.84. The Morgan fingerprint density at radius 3 is 2.41 bits per heavy atom. The van der Waals surface area contributed by atoms with Gasteiger partial charge in [0.05, 0.1) is 0 Å². The van der Waals surface area contributed by atoms with Crippen molar-refractivity contribution in [1.82, 2.24) is 5.32 Å². The van der Waals surface area contributed by atoms with Crippen LogP contribution in [-0.4, -0.2) is 23.4 Å². The lowest BCUT2D eigenvalue weighted by Crippen LogP contribution is -2.43. The minimum absolute atomic E-state index is 0.00803. The van der Waals surface area contributed by atoms with Crippen LogP contribution in [0.25, 0.3) is 0 Å². The highest BCUT2D eigenvalue weighted by Crippen LogP contribution is 2.32. The summed E-state index contributed by atoms with van der Waals surface area (Å²) >= 11 is 0. The molecular weight excluding hydrogens is 221 g/mol. The molecule has 0 spiro atoms. The summed E-state index contributed by atoms with van der Waals surface area (Å²) in [6.07, 6.45) is 3.03. The van der Waals surface area contributed by atoms with E-state index < -0.39 is 17.4 Å². The van der Waals surface area contributed by atoms with Crippen molar-refractivity contribution in [3.63, 3.8) is 0 Å². The maximum atomic E-state index is 13.8. The highest BCUT2D eigenvalue weighted by molar-refractivity contribution is 5.68. The second-order valence-electron chi connectivity index (χ2n) is 5.66. The van der Waals surface area contributed by atoms with Crippen molar-refractivity contribution in [2.45, 2.75) is 63.8 Å². The first-order chi connectivity index (χ1) is 7.74. The zero-order valence-electron chi connectivity index (χ0n) is 10.9. The molecule has 1 aliphatic rings. The zero-order valence-corrected chi connectivity index (χ0v) is 10.9. The molecule has 1 N–H and O–H groups in total. The van der Waals surface area contributed by atoms with E-state index in [0.29, 0.717) is 25.7 Å². The number of alkyl carbamates (subject to hydrolysis) is 1. The van der Waals surface area contributed by atoms with Gasteiger partial charge in [-0.2, -0.15) is 0 Å². The van der Waals surface area contributed by atoms with Gasteiger partial charge in [0.2, 0.25) is 0 Å². The van der Waals surface area contributed by atoms with E-state index in [4.69, 9.17) is 4.74 Å². The molecule has 0 aromatic heterocycles. The first-order valence-corrected chi connectivity index (χ1v) is 6.06. The van der Waals surface area contributed by atoms with Gasteiger partial charge in [0.1, 0.15) is 11.3 Å². The van der Waals surface area contributed by atoms with Crippen LogP contribution in [0.15, 0.2) is 12.7 Å². The van der Waals surface area contributed by atoms with Crippen LogP contribution in [-0.2, 0) is 4.74 Å². The molecule has 1 saturated carbocycles. The molecule has 0 bridgehead atoms. The molecule has 0 aromatic carbocycles. The first kappa shape index (κ1) is 14.0. The summed E-state index contributed by atoms with van der Waals surface area (Å²) in [5.74, 6) is 0. The minimum Gasteiger partial charge on any atom is -0.444 e. The van der Waals surface area contributed by atoms with Crippen molar-refractivity contribution >= 4 is 6.09 Å². The summed E-state index contributed by atoms with van der Waals surface area (Å²) in [6.45, 7) is 8.96. The molecule has 0 unspecified atom stereocenters. The van der Waals surface area contributed by atoms with Gasteiger partial charge in [-0.15, -0.1) is 0 Å². The molecule has 0 saturated heterocycles. The predicted octanol–water partition coefficient (Wildman–Crippen LogP) is 3.35. The van der Waals surface area contributed by atoms with Gasteiger partial charge in [0.25, 0.3) is 0 Å². The van der Waals surface area contributed by atoms with E-state index in [1.54, 1.807) is 0 Å². The molecule has 0 atom stereocenters. The van der Waals surface area contributed by atoms with E-state index in [1.165, 1.54) is 6.08 Å². The quantitative estimate of drug-likeness (QED) is 0.755. The van der Waals surface area contributed by atoms with Gasteiger partial charge in [-0.05, 0) is 46.5 Å². The molecule has 1 aliphatic carbocycles. The van der Waals surface area contributed by atoms with Crippen LogP contribution in [0.3, 0.4) is 0 Å². The fraction of sp³-hybridized carbons (Fsp3) is 0.769. The number of amides is 1. The van der Waals surface area contributed by atoms with Gasteiger partial charge >= 0.3 is 6.09 Å². The summed E-state index contributed by atoms with van der Waals surface area (Å²) in [4.78, 5) is 11.5. The molecule has 1 amide bonds. The summed E-state index contributed by atoms with van der Waals surface area (Å²) in [6, 6.07) is 0.00803. The Morgan fingerprint density at radius 2 is 2.00 bits per heavy atom. The van der Waals surface area contributed by atoms with Crippen LogP contribution in [0.5, 0.6) is 0 Å². The maximum Gasteiger partial charge on any atom is 0.407 e. The lowest BCUT2D eigenvalue weighted by Gasteiger charge is -2.32. The lowest BCUT2D eigenvalue weighted by molar-refractivity contribution is 0.0466. The zero-order chi connectivity index (χ0) is 13.1. The van der Waals surface area contributed by atoms with Crippen LogP contribution in [0.4, 0.5) is 9.18 Å². The van der Waals surface area contributed by atoms with E-state index in [2.05, 4.69) is 11.9 Å². The molecule has 0 radical (unpaired) electrons. The second-order valence-corrected chi connectivity index (χ2v) is 5.66. The van der Waals surface area contributed by atoms with E-state index in [-0.39, 0.29) is 6.04 Å². The molecule has 17 heavy (non-hydrogen) atoms. The van der Waals surface area contributed by atoms with Gasteiger partial charge in [-0.1, -0.05) is 12.7 Å². The minimum atomic E-state index is -1.26. The molecule has 1 fully saturated rings. The number of ether oxygens (including phenoxy) is 1. The van der Waals surface area contributed by atoms with E-state index in [0.717, 1.165) is 0 Å². The highest BCUT2D eigenvalue weighted by Gasteiger charge is 2.33. The summed E-state index contributed by atoms with van der Waals surface area (Å²) in [5.41, 5.74) is -1.75.